The minimum atomic E-state index is -1.31. The van der Waals surface area contributed by atoms with Crippen LogP contribution in [-0.4, -0.2) is 27.5 Å². The van der Waals surface area contributed by atoms with Gasteiger partial charge in [-0.25, -0.2) is 0 Å². The summed E-state index contributed by atoms with van der Waals surface area (Å²) < 4.78 is 1.67. The van der Waals surface area contributed by atoms with Crippen molar-refractivity contribution < 1.29 is 9.59 Å². The molecule has 0 radical (unpaired) electrons. The van der Waals surface area contributed by atoms with E-state index in [1.165, 1.54) is 12.6 Å². The predicted octanol–water partition coefficient (Wildman–Crippen LogP) is 2.56. The van der Waals surface area contributed by atoms with Gasteiger partial charge in [0.25, 0.3) is 0 Å². The molecule has 2 rings (SSSR count). The molecule has 6 heteroatoms. The number of ketones is 1. The largest absolute Gasteiger partial charge is 0.352 e. The topological polar surface area (TPSA) is 87.8 Å². The highest BCUT2D eigenvalue weighted by atomic mass is 16.2. The Bertz CT molecular complexity index is 629. The fourth-order valence-corrected chi connectivity index (χ4v) is 3.16. The van der Waals surface area contributed by atoms with Gasteiger partial charge in [0, 0.05) is 18.8 Å². The zero-order chi connectivity index (χ0) is 17.7. The molecule has 0 aliphatic heterocycles. The van der Waals surface area contributed by atoms with Gasteiger partial charge < -0.3 is 5.32 Å². The molecule has 1 saturated carbocycles. The van der Waals surface area contributed by atoms with Crippen LogP contribution in [0.1, 0.15) is 56.8 Å². The van der Waals surface area contributed by atoms with Crippen molar-refractivity contribution in [3.05, 3.63) is 18.0 Å². The van der Waals surface area contributed by atoms with Crippen LogP contribution in [-0.2, 0) is 11.3 Å². The van der Waals surface area contributed by atoms with Gasteiger partial charge in [0.05, 0.1) is 17.8 Å². The fraction of sp³-hybridized carbons (Fsp3) is 0.667. The molecule has 0 unspecified atom stereocenters. The lowest BCUT2D eigenvalue weighted by molar-refractivity contribution is -0.123. The van der Waals surface area contributed by atoms with E-state index in [4.69, 9.17) is 0 Å². The van der Waals surface area contributed by atoms with Crippen LogP contribution in [0.15, 0.2) is 12.4 Å². The molecular formula is C18H26N4O2. The molecule has 0 spiro atoms. The maximum atomic E-state index is 12.5. The number of nitrogens with one attached hydrogen (secondary N) is 1. The molecule has 1 N–H and O–H groups in total. The highest BCUT2D eigenvalue weighted by Gasteiger charge is 2.32. The molecule has 1 fully saturated rings. The smallest absolute Gasteiger partial charge is 0.245 e. The second-order valence-corrected chi connectivity index (χ2v) is 7.15. The van der Waals surface area contributed by atoms with Gasteiger partial charge in [0.15, 0.2) is 11.7 Å². The summed E-state index contributed by atoms with van der Waals surface area (Å²) in [6, 6.07) is 1.91. The molecular weight excluding hydrogens is 304 g/mol. The van der Waals surface area contributed by atoms with E-state index >= 15 is 0 Å². The van der Waals surface area contributed by atoms with Crippen molar-refractivity contribution in [1.29, 1.82) is 5.26 Å². The van der Waals surface area contributed by atoms with E-state index in [0.29, 0.717) is 23.9 Å². The quantitative estimate of drug-likeness (QED) is 0.641. The minimum absolute atomic E-state index is 0.0542. The molecule has 1 heterocycles. The Kier molecular flexibility index (Phi) is 6.13. The van der Waals surface area contributed by atoms with Gasteiger partial charge in [-0.3, -0.25) is 14.3 Å². The zero-order valence-electron chi connectivity index (χ0n) is 14.7. The summed E-state index contributed by atoms with van der Waals surface area (Å²) in [4.78, 5) is 24.9. The summed E-state index contributed by atoms with van der Waals surface area (Å²) in [5.74, 6) is -1.50. The number of aromatic nitrogens is 2. The van der Waals surface area contributed by atoms with Crippen LogP contribution in [0.25, 0.3) is 0 Å². The van der Waals surface area contributed by atoms with E-state index in [1.807, 2.05) is 6.07 Å². The Hall–Kier alpha value is -2.16. The Labute approximate surface area is 143 Å². The lowest BCUT2D eigenvalue weighted by atomic mass is 9.85. The van der Waals surface area contributed by atoms with Crippen molar-refractivity contribution >= 4 is 11.7 Å². The van der Waals surface area contributed by atoms with E-state index in [0.717, 1.165) is 19.3 Å². The van der Waals surface area contributed by atoms with Crippen LogP contribution in [0.2, 0.25) is 0 Å². The third kappa shape index (κ3) is 4.44. The highest BCUT2D eigenvalue weighted by Crippen LogP contribution is 2.24. The van der Waals surface area contributed by atoms with Gasteiger partial charge in [0.1, 0.15) is 0 Å². The van der Waals surface area contributed by atoms with Gasteiger partial charge in [-0.15, -0.1) is 0 Å². The number of rotatable bonds is 6. The van der Waals surface area contributed by atoms with Crippen LogP contribution in [0.5, 0.6) is 0 Å². The first-order chi connectivity index (χ1) is 11.4. The predicted molar refractivity (Wildman–Crippen MR) is 90.1 cm³/mol. The van der Waals surface area contributed by atoms with Gasteiger partial charge in [-0.05, 0) is 24.7 Å². The van der Waals surface area contributed by atoms with Crippen molar-refractivity contribution in [3.8, 4) is 6.07 Å². The maximum absolute atomic E-state index is 12.5. The number of carbonyl (C=O) groups is 2. The van der Waals surface area contributed by atoms with Crippen molar-refractivity contribution in [1.82, 2.24) is 15.1 Å². The molecule has 1 aromatic heterocycles. The SMILES string of the molecule is CC(C)Cn1cc(C(=O)[C@H](C#N)C(=O)N[C@H]2CCCC[C@@H]2C)cn1. The molecule has 24 heavy (non-hydrogen) atoms. The van der Waals surface area contributed by atoms with Gasteiger partial charge in [0.2, 0.25) is 5.91 Å². The molecule has 3 atom stereocenters. The van der Waals surface area contributed by atoms with Gasteiger partial charge in [-0.1, -0.05) is 33.6 Å². The number of nitriles is 1. The van der Waals surface area contributed by atoms with E-state index in [9.17, 15) is 14.9 Å². The number of hydrogen-bond acceptors (Lipinski definition) is 4. The Morgan fingerprint density at radius 1 is 1.42 bits per heavy atom. The first-order valence-electron chi connectivity index (χ1n) is 8.69. The Morgan fingerprint density at radius 3 is 2.75 bits per heavy atom. The summed E-state index contributed by atoms with van der Waals surface area (Å²) in [5, 5.41) is 16.4. The monoisotopic (exact) mass is 330 g/mol. The van der Waals surface area contributed by atoms with E-state index in [2.05, 4.69) is 31.2 Å². The first kappa shape index (κ1) is 18.2. The molecule has 1 aliphatic rings. The van der Waals surface area contributed by atoms with Crippen LogP contribution in [0.4, 0.5) is 0 Å². The Morgan fingerprint density at radius 2 is 2.12 bits per heavy atom. The van der Waals surface area contributed by atoms with Crippen molar-refractivity contribution in [3.63, 3.8) is 0 Å². The van der Waals surface area contributed by atoms with Gasteiger partial charge >= 0.3 is 0 Å². The molecule has 0 aromatic carbocycles. The number of hydrogen-bond donors (Lipinski definition) is 1. The van der Waals surface area contributed by atoms with Crippen molar-refractivity contribution in [2.75, 3.05) is 0 Å². The summed E-state index contributed by atoms with van der Waals surface area (Å²) in [5.41, 5.74) is 0.314. The summed E-state index contributed by atoms with van der Waals surface area (Å²) in [7, 11) is 0. The molecule has 1 amide bonds. The third-order valence-corrected chi connectivity index (χ3v) is 4.56. The standard InChI is InChI=1S/C18H26N4O2/c1-12(2)10-22-11-14(9-20-22)17(23)15(8-19)18(24)21-16-7-5-4-6-13(16)3/h9,11-13,15-16H,4-7,10H2,1-3H3,(H,21,24)/t13-,15-,16-/m0/s1. The molecule has 0 saturated heterocycles. The maximum Gasteiger partial charge on any atom is 0.245 e. The number of amides is 1. The summed E-state index contributed by atoms with van der Waals surface area (Å²) >= 11 is 0. The number of Topliss-reactive ketones (excluding diaryl/α,β-unsaturated/α-hetero) is 1. The van der Waals surface area contributed by atoms with Crippen LogP contribution >= 0.6 is 0 Å². The van der Waals surface area contributed by atoms with Gasteiger partial charge in [-0.2, -0.15) is 10.4 Å². The van der Waals surface area contributed by atoms with E-state index < -0.39 is 17.6 Å². The number of carbonyl (C=O) groups excluding carboxylic acids is 2. The molecule has 0 bridgehead atoms. The fourth-order valence-electron chi connectivity index (χ4n) is 3.16. The van der Waals surface area contributed by atoms with Crippen molar-refractivity contribution in [2.45, 2.75) is 59.0 Å². The zero-order valence-corrected chi connectivity index (χ0v) is 14.7. The minimum Gasteiger partial charge on any atom is -0.352 e. The molecule has 6 nitrogen and oxygen atoms in total. The lowest BCUT2D eigenvalue weighted by Crippen LogP contribution is -2.45. The Balaban J connectivity index is 2.04. The second-order valence-electron chi connectivity index (χ2n) is 7.15. The third-order valence-electron chi connectivity index (χ3n) is 4.56. The highest BCUT2D eigenvalue weighted by molar-refractivity contribution is 6.11. The molecule has 1 aromatic rings. The van der Waals surface area contributed by atoms with Crippen molar-refractivity contribution in [2.24, 2.45) is 17.8 Å². The van der Waals surface area contributed by atoms with E-state index in [-0.39, 0.29) is 6.04 Å². The number of nitrogens with zero attached hydrogens (tertiary/aromatic N) is 3. The summed E-state index contributed by atoms with van der Waals surface area (Å²) in [6.07, 6.45) is 7.27. The lowest BCUT2D eigenvalue weighted by Gasteiger charge is -2.29. The van der Waals surface area contributed by atoms with Crippen LogP contribution < -0.4 is 5.32 Å². The molecule has 130 valence electrons. The summed E-state index contributed by atoms with van der Waals surface area (Å²) in [6.45, 7) is 6.90. The van der Waals surface area contributed by atoms with Crippen LogP contribution in [0.3, 0.4) is 0 Å². The van der Waals surface area contributed by atoms with Crippen LogP contribution in [0, 0.1) is 29.1 Å². The molecule has 1 aliphatic carbocycles. The second kappa shape index (κ2) is 8.09. The average molecular weight is 330 g/mol. The average Bonchev–Trinajstić information content (AvgIpc) is 2.98. The normalized spacial score (nSPS) is 22.0. The van der Waals surface area contributed by atoms with E-state index in [1.54, 1.807) is 10.9 Å². The first-order valence-corrected chi connectivity index (χ1v) is 8.69.